The Morgan fingerprint density at radius 3 is 2.80 bits per heavy atom. The minimum absolute atomic E-state index is 0.105. The third-order valence-corrected chi connectivity index (χ3v) is 2.05. The van der Waals surface area contributed by atoms with Crippen molar-refractivity contribution in [2.45, 2.75) is 6.61 Å². The van der Waals surface area contributed by atoms with Gasteiger partial charge >= 0.3 is 0 Å². The first-order chi connectivity index (χ1) is 7.20. The summed E-state index contributed by atoms with van der Waals surface area (Å²) in [6.45, 7) is -0.134. The van der Waals surface area contributed by atoms with Crippen LogP contribution in [-0.2, 0) is 6.61 Å². The number of hydrogen-bond donors (Lipinski definition) is 2. The van der Waals surface area contributed by atoms with Crippen molar-refractivity contribution in [3.05, 3.63) is 42.0 Å². The molecule has 1 aromatic carbocycles. The predicted octanol–water partition coefficient (Wildman–Crippen LogP) is 1.09. The Bertz CT molecular complexity index is 481. The molecule has 2 aromatic rings. The second kappa shape index (κ2) is 3.70. The highest BCUT2D eigenvalue weighted by Crippen LogP contribution is 2.15. The molecule has 0 saturated carbocycles. The van der Waals surface area contributed by atoms with Gasteiger partial charge in [0.25, 0.3) is 0 Å². The summed E-state index contributed by atoms with van der Waals surface area (Å²) in [5.74, 6) is -0.478. The molecular formula is C10H10FN3O. The predicted molar refractivity (Wildman–Crippen MR) is 53.9 cm³/mol. The Morgan fingerprint density at radius 1 is 1.40 bits per heavy atom. The van der Waals surface area contributed by atoms with Crippen LogP contribution in [0.15, 0.2) is 30.5 Å². The summed E-state index contributed by atoms with van der Waals surface area (Å²) in [6.07, 6.45) is 1.65. The van der Waals surface area contributed by atoms with Crippen LogP contribution in [0.2, 0.25) is 0 Å². The number of aliphatic hydroxyl groups excluding tert-OH is 1. The molecule has 0 spiro atoms. The van der Waals surface area contributed by atoms with Crippen LogP contribution in [0.25, 0.3) is 5.69 Å². The van der Waals surface area contributed by atoms with Crippen molar-refractivity contribution in [3.8, 4) is 5.69 Å². The molecule has 78 valence electrons. The highest BCUT2D eigenvalue weighted by Gasteiger charge is 2.03. The van der Waals surface area contributed by atoms with Crippen LogP contribution >= 0.6 is 0 Å². The topological polar surface area (TPSA) is 64.1 Å². The monoisotopic (exact) mass is 207 g/mol. The van der Waals surface area contributed by atoms with Crippen molar-refractivity contribution in [1.82, 2.24) is 9.78 Å². The Hall–Kier alpha value is -1.88. The average Bonchev–Trinajstić information content (AvgIpc) is 2.70. The molecule has 0 aliphatic carbocycles. The Kier molecular flexibility index (Phi) is 2.39. The van der Waals surface area contributed by atoms with Crippen LogP contribution in [0.5, 0.6) is 0 Å². The third-order valence-electron chi connectivity index (χ3n) is 2.05. The molecular weight excluding hydrogens is 197 g/mol. The number of anilines is 1. The number of rotatable bonds is 2. The molecule has 5 heteroatoms. The molecule has 0 aliphatic rings. The molecule has 1 aromatic heterocycles. The summed E-state index contributed by atoms with van der Waals surface area (Å²) in [4.78, 5) is 0. The quantitative estimate of drug-likeness (QED) is 0.724. The van der Waals surface area contributed by atoms with Crippen molar-refractivity contribution in [1.29, 1.82) is 0 Å². The molecule has 1 heterocycles. The van der Waals surface area contributed by atoms with Gasteiger partial charge < -0.3 is 10.8 Å². The first kappa shape index (κ1) is 9.67. The van der Waals surface area contributed by atoms with Gasteiger partial charge in [-0.2, -0.15) is 5.10 Å². The smallest absolute Gasteiger partial charge is 0.148 e. The molecule has 0 fully saturated rings. The van der Waals surface area contributed by atoms with Crippen LogP contribution in [0.3, 0.4) is 0 Å². The number of hydrogen-bond acceptors (Lipinski definition) is 3. The molecule has 0 saturated heterocycles. The van der Waals surface area contributed by atoms with Crippen molar-refractivity contribution in [2.75, 3.05) is 5.73 Å². The Morgan fingerprint density at radius 2 is 2.20 bits per heavy atom. The van der Waals surface area contributed by atoms with E-state index in [1.54, 1.807) is 18.3 Å². The van der Waals surface area contributed by atoms with Crippen LogP contribution in [-0.4, -0.2) is 14.9 Å². The van der Waals surface area contributed by atoms with Gasteiger partial charge in [-0.05, 0) is 18.2 Å². The Labute approximate surface area is 85.8 Å². The van der Waals surface area contributed by atoms with Crippen molar-refractivity contribution >= 4 is 5.69 Å². The van der Waals surface area contributed by atoms with E-state index in [1.165, 1.54) is 16.8 Å². The van der Waals surface area contributed by atoms with Gasteiger partial charge in [-0.1, -0.05) is 0 Å². The number of aliphatic hydroxyl groups is 1. The van der Waals surface area contributed by atoms with E-state index >= 15 is 0 Å². The zero-order chi connectivity index (χ0) is 10.8. The molecule has 0 bridgehead atoms. The van der Waals surface area contributed by atoms with E-state index in [0.29, 0.717) is 11.4 Å². The lowest BCUT2D eigenvalue weighted by Gasteiger charge is -2.02. The van der Waals surface area contributed by atoms with Crippen molar-refractivity contribution in [2.24, 2.45) is 0 Å². The standard InChI is InChI=1S/C10H10FN3O/c11-9-5-8(1-2-10(9)12)14-4-3-7(6-15)13-14/h1-5,15H,6,12H2. The van der Waals surface area contributed by atoms with Crippen molar-refractivity contribution < 1.29 is 9.50 Å². The average molecular weight is 207 g/mol. The highest BCUT2D eigenvalue weighted by atomic mass is 19.1. The van der Waals surface area contributed by atoms with Crippen LogP contribution in [0.4, 0.5) is 10.1 Å². The van der Waals surface area contributed by atoms with E-state index in [2.05, 4.69) is 5.10 Å². The first-order valence-electron chi connectivity index (χ1n) is 4.41. The fourth-order valence-corrected chi connectivity index (χ4v) is 1.25. The van der Waals surface area contributed by atoms with Gasteiger partial charge in [0.1, 0.15) is 5.82 Å². The van der Waals surface area contributed by atoms with Gasteiger partial charge in [-0.3, -0.25) is 0 Å². The minimum atomic E-state index is -0.478. The maximum absolute atomic E-state index is 13.1. The molecule has 0 atom stereocenters. The molecule has 0 radical (unpaired) electrons. The van der Waals surface area contributed by atoms with E-state index in [9.17, 15) is 4.39 Å². The van der Waals surface area contributed by atoms with Gasteiger partial charge in [0.15, 0.2) is 0 Å². The summed E-state index contributed by atoms with van der Waals surface area (Å²) < 4.78 is 14.6. The molecule has 3 N–H and O–H groups in total. The van der Waals surface area contributed by atoms with Gasteiger partial charge in [-0.15, -0.1) is 0 Å². The second-order valence-electron chi connectivity index (χ2n) is 3.12. The van der Waals surface area contributed by atoms with Gasteiger partial charge in [0.05, 0.1) is 23.7 Å². The summed E-state index contributed by atoms with van der Waals surface area (Å²) >= 11 is 0. The van der Waals surface area contributed by atoms with Gasteiger partial charge in [0.2, 0.25) is 0 Å². The summed E-state index contributed by atoms with van der Waals surface area (Å²) in [5.41, 5.74) is 6.56. The normalized spacial score (nSPS) is 10.5. The molecule has 15 heavy (non-hydrogen) atoms. The first-order valence-corrected chi connectivity index (χ1v) is 4.41. The lowest BCUT2D eigenvalue weighted by atomic mass is 10.3. The number of nitrogens with two attached hydrogens (primary N) is 1. The zero-order valence-corrected chi connectivity index (χ0v) is 7.89. The lowest BCUT2D eigenvalue weighted by molar-refractivity contribution is 0.276. The number of nitrogen functional groups attached to an aromatic ring is 1. The van der Waals surface area contributed by atoms with E-state index in [0.717, 1.165) is 0 Å². The van der Waals surface area contributed by atoms with E-state index in [-0.39, 0.29) is 12.3 Å². The van der Waals surface area contributed by atoms with Crippen LogP contribution in [0, 0.1) is 5.82 Å². The van der Waals surface area contributed by atoms with E-state index in [1.807, 2.05) is 0 Å². The van der Waals surface area contributed by atoms with Crippen LogP contribution in [0.1, 0.15) is 5.69 Å². The fourth-order valence-electron chi connectivity index (χ4n) is 1.25. The third kappa shape index (κ3) is 1.82. The molecule has 2 rings (SSSR count). The van der Waals surface area contributed by atoms with Gasteiger partial charge in [-0.25, -0.2) is 9.07 Å². The molecule has 4 nitrogen and oxygen atoms in total. The number of nitrogens with zero attached hydrogens (tertiary/aromatic N) is 2. The molecule has 0 amide bonds. The fraction of sp³-hybridized carbons (Fsp3) is 0.100. The highest BCUT2D eigenvalue weighted by molar-refractivity contribution is 5.46. The molecule has 0 unspecified atom stereocenters. The number of benzene rings is 1. The van der Waals surface area contributed by atoms with Gasteiger partial charge in [0, 0.05) is 12.3 Å². The zero-order valence-electron chi connectivity index (χ0n) is 7.89. The SMILES string of the molecule is Nc1ccc(-n2ccc(CO)n2)cc1F. The Balaban J connectivity index is 2.40. The second-order valence-corrected chi connectivity index (χ2v) is 3.12. The largest absolute Gasteiger partial charge is 0.396 e. The molecule has 0 aliphatic heterocycles. The summed E-state index contributed by atoms with van der Waals surface area (Å²) in [7, 11) is 0. The van der Waals surface area contributed by atoms with Crippen molar-refractivity contribution in [3.63, 3.8) is 0 Å². The number of halogens is 1. The minimum Gasteiger partial charge on any atom is -0.396 e. The summed E-state index contributed by atoms with van der Waals surface area (Å²) in [6, 6.07) is 6.09. The van der Waals surface area contributed by atoms with Crippen LogP contribution < -0.4 is 5.73 Å². The van der Waals surface area contributed by atoms with E-state index in [4.69, 9.17) is 10.8 Å². The number of aromatic nitrogens is 2. The maximum Gasteiger partial charge on any atom is 0.148 e. The van der Waals surface area contributed by atoms with E-state index < -0.39 is 5.82 Å². The summed E-state index contributed by atoms with van der Waals surface area (Å²) in [5, 5.41) is 12.9. The lowest BCUT2D eigenvalue weighted by Crippen LogP contribution is -1.98. The maximum atomic E-state index is 13.1.